The summed E-state index contributed by atoms with van der Waals surface area (Å²) in [7, 11) is -3.44. The molecule has 2 aromatic rings. The molecular formula is C14H14BrNO2S2. The average molecular weight is 372 g/mol. The molecule has 1 aromatic carbocycles. The largest absolute Gasteiger partial charge is 0.250 e. The van der Waals surface area contributed by atoms with Crippen molar-refractivity contribution in [1.29, 1.82) is 0 Å². The van der Waals surface area contributed by atoms with Crippen LogP contribution >= 0.6 is 27.3 Å². The molecule has 0 aliphatic heterocycles. The van der Waals surface area contributed by atoms with E-state index in [2.05, 4.69) is 26.7 Å². The van der Waals surface area contributed by atoms with Crippen LogP contribution in [-0.2, 0) is 16.4 Å². The van der Waals surface area contributed by atoms with Gasteiger partial charge in [-0.1, -0.05) is 24.3 Å². The zero-order chi connectivity index (χ0) is 14.2. The normalized spacial score (nSPS) is 18.8. The highest BCUT2D eigenvalue weighted by Gasteiger charge is 2.26. The SMILES string of the molecule is O=S(=O)(NC1CCCc2ccccc21)c1ccc(Br)s1. The minimum absolute atomic E-state index is 0.120. The Hall–Kier alpha value is -0.690. The number of halogens is 1. The predicted molar refractivity (Wildman–Crippen MR) is 84.5 cm³/mol. The lowest BCUT2D eigenvalue weighted by Gasteiger charge is -2.25. The van der Waals surface area contributed by atoms with Gasteiger partial charge in [0.2, 0.25) is 0 Å². The highest BCUT2D eigenvalue weighted by molar-refractivity contribution is 9.11. The molecule has 1 unspecified atom stereocenters. The Labute approximate surface area is 131 Å². The molecule has 1 aromatic heterocycles. The zero-order valence-corrected chi connectivity index (χ0v) is 13.9. The summed E-state index contributed by atoms with van der Waals surface area (Å²) in [4.78, 5) is 0. The first-order valence-electron chi connectivity index (χ1n) is 6.42. The number of rotatable bonds is 3. The number of hydrogen-bond donors (Lipinski definition) is 1. The van der Waals surface area contributed by atoms with E-state index in [1.54, 1.807) is 12.1 Å². The van der Waals surface area contributed by atoms with Crippen molar-refractivity contribution in [3.63, 3.8) is 0 Å². The molecule has 1 atom stereocenters. The van der Waals surface area contributed by atoms with Crippen LogP contribution in [-0.4, -0.2) is 8.42 Å². The summed E-state index contributed by atoms with van der Waals surface area (Å²) in [6, 6.07) is 11.3. The van der Waals surface area contributed by atoms with Crippen LogP contribution in [0.5, 0.6) is 0 Å². The molecule has 0 saturated carbocycles. The van der Waals surface area contributed by atoms with Gasteiger partial charge < -0.3 is 0 Å². The molecule has 0 fully saturated rings. The fourth-order valence-corrected chi connectivity index (χ4v) is 5.84. The molecule has 1 aliphatic carbocycles. The van der Waals surface area contributed by atoms with E-state index in [1.165, 1.54) is 16.9 Å². The summed E-state index contributed by atoms with van der Waals surface area (Å²) in [5.74, 6) is 0. The molecule has 1 heterocycles. The highest BCUT2D eigenvalue weighted by atomic mass is 79.9. The predicted octanol–water partition coefficient (Wildman–Crippen LogP) is 3.87. The van der Waals surface area contributed by atoms with Crippen molar-refractivity contribution >= 4 is 37.3 Å². The first-order chi connectivity index (χ1) is 9.56. The van der Waals surface area contributed by atoms with Gasteiger partial charge in [0, 0.05) is 6.04 Å². The number of sulfonamides is 1. The van der Waals surface area contributed by atoms with Gasteiger partial charge in [-0.05, 0) is 58.5 Å². The quantitative estimate of drug-likeness (QED) is 0.889. The summed E-state index contributed by atoms with van der Waals surface area (Å²) >= 11 is 4.53. The molecule has 20 heavy (non-hydrogen) atoms. The van der Waals surface area contributed by atoms with Crippen molar-refractivity contribution in [3.8, 4) is 0 Å². The van der Waals surface area contributed by atoms with Crippen LogP contribution in [0.3, 0.4) is 0 Å². The number of fused-ring (bicyclic) bond motifs is 1. The third kappa shape index (κ3) is 2.83. The summed E-state index contributed by atoms with van der Waals surface area (Å²) in [5, 5.41) is 0. The lowest BCUT2D eigenvalue weighted by Crippen LogP contribution is -2.30. The molecule has 3 rings (SSSR count). The van der Waals surface area contributed by atoms with Gasteiger partial charge in [0.1, 0.15) is 4.21 Å². The molecule has 106 valence electrons. The Morgan fingerprint density at radius 1 is 1.20 bits per heavy atom. The van der Waals surface area contributed by atoms with Crippen molar-refractivity contribution in [2.24, 2.45) is 0 Å². The number of thiophene rings is 1. The second-order valence-electron chi connectivity index (χ2n) is 4.82. The number of aryl methyl sites for hydroxylation is 1. The van der Waals surface area contributed by atoms with Crippen LogP contribution in [0.1, 0.15) is 30.0 Å². The van der Waals surface area contributed by atoms with E-state index < -0.39 is 10.0 Å². The molecule has 1 aliphatic rings. The summed E-state index contributed by atoms with van der Waals surface area (Å²) in [5.41, 5.74) is 2.36. The van der Waals surface area contributed by atoms with Crippen molar-refractivity contribution in [1.82, 2.24) is 4.72 Å². The van der Waals surface area contributed by atoms with E-state index in [-0.39, 0.29) is 6.04 Å². The first kappa shape index (κ1) is 14.3. The van der Waals surface area contributed by atoms with Gasteiger partial charge in [-0.3, -0.25) is 0 Å². The highest BCUT2D eigenvalue weighted by Crippen LogP contribution is 2.32. The third-order valence-electron chi connectivity index (χ3n) is 3.48. The van der Waals surface area contributed by atoms with Crippen molar-refractivity contribution < 1.29 is 8.42 Å². The maximum absolute atomic E-state index is 12.4. The minimum Gasteiger partial charge on any atom is -0.206 e. The fraction of sp³-hybridized carbons (Fsp3) is 0.286. The second-order valence-corrected chi connectivity index (χ2v) is 9.23. The van der Waals surface area contributed by atoms with E-state index in [9.17, 15) is 8.42 Å². The molecule has 0 amide bonds. The Bertz CT molecular complexity index is 724. The maximum Gasteiger partial charge on any atom is 0.250 e. The van der Waals surface area contributed by atoms with Gasteiger partial charge in [-0.2, -0.15) is 0 Å². The number of benzene rings is 1. The van der Waals surface area contributed by atoms with E-state index in [0.29, 0.717) is 4.21 Å². The number of hydrogen-bond acceptors (Lipinski definition) is 3. The molecule has 3 nitrogen and oxygen atoms in total. The minimum atomic E-state index is -3.44. The maximum atomic E-state index is 12.4. The zero-order valence-electron chi connectivity index (χ0n) is 10.7. The smallest absolute Gasteiger partial charge is 0.206 e. The van der Waals surface area contributed by atoms with Gasteiger partial charge in [0.25, 0.3) is 10.0 Å². The van der Waals surface area contributed by atoms with E-state index in [4.69, 9.17) is 0 Å². The Kier molecular flexibility index (Phi) is 3.99. The van der Waals surface area contributed by atoms with Crippen LogP contribution in [0.15, 0.2) is 44.4 Å². The second kappa shape index (κ2) is 5.60. The van der Waals surface area contributed by atoms with Crippen LogP contribution in [0, 0.1) is 0 Å². The van der Waals surface area contributed by atoms with E-state index in [0.717, 1.165) is 28.6 Å². The first-order valence-corrected chi connectivity index (χ1v) is 9.51. The fourth-order valence-electron chi connectivity index (χ4n) is 2.56. The Morgan fingerprint density at radius 2 is 2.00 bits per heavy atom. The molecular weight excluding hydrogens is 358 g/mol. The van der Waals surface area contributed by atoms with Crippen LogP contribution in [0.25, 0.3) is 0 Å². The number of nitrogens with one attached hydrogen (secondary N) is 1. The van der Waals surface area contributed by atoms with Crippen molar-refractivity contribution in [2.75, 3.05) is 0 Å². The standard InChI is InChI=1S/C14H14BrNO2S2/c15-13-8-9-14(19-13)20(17,18)16-12-7-3-5-10-4-1-2-6-11(10)12/h1-2,4,6,8-9,12,16H,3,5,7H2. The van der Waals surface area contributed by atoms with Gasteiger partial charge in [0.15, 0.2) is 0 Å². The molecule has 0 saturated heterocycles. The van der Waals surface area contributed by atoms with Crippen LogP contribution in [0.4, 0.5) is 0 Å². The van der Waals surface area contributed by atoms with E-state index >= 15 is 0 Å². The molecule has 0 bridgehead atoms. The molecule has 1 N–H and O–H groups in total. The van der Waals surface area contributed by atoms with Crippen LogP contribution in [0.2, 0.25) is 0 Å². The lowest BCUT2D eigenvalue weighted by atomic mass is 9.88. The summed E-state index contributed by atoms with van der Waals surface area (Å²) in [6.45, 7) is 0. The third-order valence-corrected chi connectivity index (χ3v) is 7.07. The molecule has 0 radical (unpaired) electrons. The van der Waals surface area contributed by atoms with Gasteiger partial charge in [-0.15, -0.1) is 11.3 Å². The van der Waals surface area contributed by atoms with E-state index in [1.807, 2.05) is 18.2 Å². The molecule has 6 heteroatoms. The van der Waals surface area contributed by atoms with Crippen molar-refractivity contribution in [3.05, 3.63) is 51.3 Å². The molecule has 0 spiro atoms. The topological polar surface area (TPSA) is 46.2 Å². The van der Waals surface area contributed by atoms with Crippen molar-refractivity contribution in [2.45, 2.75) is 29.5 Å². The van der Waals surface area contributed by atoms with Gasteiger partial charge in [-0.25, -0.2) is 13.1 Å². The average Bonchev–Trinajstić information content (AvgIpc) is 2.86. The monoisotopic (exact) mass is 371 g/mol. The Morgan fingerprint density at radius 3 is 2.75 bits per heavy atom. The van der Waals surface area contributed by atoms with Gasteiger partial charge in [0.05, 0.1) is 3.79 Å². The van der Waals surface area contributed by atoms with Crippen LogP contribution < -0.4 is 4.72 Å². The summed E-state index contributed by atoms with van der Waals surface area (Å²) in [6.07, 6.45) is 2.89. The lowest BCUT2D eigenvalue weighted by molar-refractivity contribution is 0.508. The van der Waals surface area contributed by atoms with Gasteiger partial charge >= 0.3 is 0 Å². The Balaban J connectivity index is 1.89. The summed E-state index contributed by atoms with van der Waals surface area (Å²) < 4.78 is 28.8.